The molecular weight excluding hydrogens is 452 g/mol. The third-order valence-corrected chi connectivity index (χ3v) is 6.06. The molecule has 3 aromatic carbocycles. The Morgan fingerprint density at radius 1 is 1.06 bits per heavy atom. The lowest BCUT2D eigenvalue weighted by Gasteiger charge is -2.30. The Balaban J connectivity index is 1.40. The van der Waals surface area contributed by atoms with Gasteiger partial charge in [-0.15, -0.1) is 0 Å². The van der Waals surface area contributed by atoms with E-state index in [4.69, 9.17) is 21.1 Å². The highest BCUT2D eigenvalue weighted by Crippen LogP contribution is 2.32. The van der Waals surface area contributed by atoms with E-state index in [9.17, 15) is 9.59 Å². The quantitative estimate of drug-likeness (QED) is 0.472. The minimum absolute atomic E-state index is 0.0822. The van der Waals surface area contributed by atoms with Gasteiger partial charge in [0.25, 0.3) is 5.91 Å². The Bertz CT molecular complexity index is 1180. The first-order chi connectivity index (χ1) is 16.4. The highest BCUT2D eigenvalue weighted by molar-refractivity contribution is 6.30. The predicted molar refractivity (Wildman–Crippen MR) is 133 cm³/mol. The predicted octanol–water partition coefficient (Wildman–Crippen LogP) is 5.37. The SMILES string of the molecule is COc1cccc(COC(C)C(=O)Nc2ccc3c(c2)CCC(=O)N3Cc2ccc(Cl)cc2)c1. The zero-order chi connectivity index (χ0) is 24.1. The Morgan fingerprint density at radius 2 is 1.85 bits per heavy atom. The van der Waals surface area contributed by atoms with Gasteiger partial charge in [0.15, 0.2) is 0 Å². The normalized spacial score (nSPS) is 13.9. The molecule has 0 bridgehead atoms. The van der Waals surface area contributed by atoms with Crippen LogP contribution in [0.25, 0.3) is 0 Å². The van der Waals surface area contributed by atoms with E-state index in [2.05, 4.69) is 5.32 Å². The molecule has 1 atom stereocenters. The molecule has 0 fully saturated rings. The van der Waals surface area contributed by atoms with Gasteiger partial charge in [-0.05, 0) is 72.5 Å². The maximum absolute atomic E-state index is 12.7. The maximum atomic E-state index is 12.7. The largest absolute Gasteiger partial charge is 0.497 e. The van der Waals surface area contributed by atoms with Crippen molar-refractivity contribution in [2.75, 3.05) is 17.3 Å². The van der Waals surface area contributed by atoms with Crippen LogP contribution < -0.4 is 15.0 Å². The number of benzene rings is 3. The van der Waals surface area contributed by atoms with Crippen molar-refractivity contribution < 1.29 is 19.1 Å². The number of hydrogen-bond acceptors (Lipinski definition) is 4. The van der Waals surface area contributed by atoms with E-state index in [1.54, 1.807) is 18.9 Å². The zero-order valence-corrected chi connectivity index (χ0v) is 20.0. The number of amides is 2. The molecule has 6 nitrogen and oxygen atoms in total. The fourth-order valence-corrected chi connectivity index (χ4v) is 4.01. The summed E-state index contributed by atoms with van der Waals surface area (Å²) < 4.78 is 11.0. The molecular formula is C27H27ClN2O4. The smallest absolute Gasteiger partial charge is 0.253 e. The number of carbonyl (C=O) groups is 2. The first kappa shape index (κ1) is 23.8. The molecule has 1 heterocycles. The first-order valence-electron chi connectivity index (χ1n) is 11.2. The van der Waals surface area contributed by atoms with E-state index in [1.165, 1.54) is 0 Å². The fourth-order valence-electron chi connectivity index (χ4n) is 3.89. The number of aryl methyl sites for hydroxylation is 1. The van der Waals surface area contributed by atoms with E-state index in [0.29, 0.717) is 36.7 Å². The molecule has 0 saturated heterocycles. The van der Waals surface area contributed by atoms with E-state index >= 15 is 0 Å². The third-order valence-electron chi connectivity index (χ3n) is 5.80. The third kappa shape index (κ3) is 5.76. The molecule has 0 aliphatic carbocycles. The van der Waals surface area contributed by atoms with Crippen LogP contribution >= 0.6 is 11.6 Å². The molecule has 1 unspecified atom stereocenters. The Labute approximate surface area is 204 Å². The minimum atomic E-state index is -0.634. The van der Waals surface area contributed by atoms with Crippen molar-refractivity contribution in [3.8, 4) is 5.75 Å². The molecule has 4 rings (SSSR count). The fraction of sp³-hybridized carbons (Fsp3) is 0.259. The summed E-state index contributed by atoms with van der Waals surface area (Å²) >= 11 is 5.98. The van der Waals surface area contributed by atoms with Crippen LogP contribution in [0, 0.1) is 0 Å². The lowest BCUT2D eigenvalue weighted by atomic mass is 9.99. The number of fused-ring (bicyclic) bond motifs is 1. The first-order valence-corrected chi connectivity index (χ1v) is 11.5. The Morgan fingerprint density at radius 3 is 2.62 bits per heavy atom. The topological polar surface area (TPSA) is 67.9 Å². The van der Waals surface area contributed by atoms with Crippen LogP contribution in [0.15, 0.2) is 66.7 Å². The number of carbonyl (C=O) groups excluding carboxylic acids is 2. The van der Waals surface area contributed by atoms with Crippen LogP contribution in [0.5, 0.6) is 5.75 Å². The summed E-state index contributed by atoms with van der Waals surface area (Å²) in [5, 5.41) is 3.59. The summed E-state index contributed by atoms with van der Waals surface area (Å²) in [5.41, 5.74) is 4.51. The van der Waals surface area contributed by atoms with Crippen molar-refractivity contribution in [2.45, 2.75) is 39.0 Å². The van der Waals surface area contributed by atoms with Gasteiger partial charge in [-0.2, -0.15) is 0 Å². The Hall–Kier alpha value is -3.35. The summed E-state index contributed by atoms with van der Waals surface area (Å²) in [6, 6.07) is 20.7. The van der Waals surface area contributed by atoms with Gasteiger partial charge in [-0.3, -0.25) is 9.59 Å². The van der Waals surface area contributed by atoms with E-state index in [0.717, 1.165) is 28.1 Å². The van der Waals surface area contributed by atoms with E-state index < -0.39 is 6.10 Å². The van der Waals surface area contributed by atoms with Crippen molar-refractivity contribution in [3.63, 3.8) is 0 Å². The van der Waals surface area contributed by atoms with Crippen molar-refractivity contribution >= 4 is 34.8 Å². The van der Waals surface area contributed by atoms with Crippen LogP contribution in [-0.4, -0.2) is 25.0 Å². The number of hydrogen-bond donors (Lipinski definition) is 1. The number of halogens is 1. The Kier molecular flexibility index (Phi) is 7.50. The van der Waals surface area contributed by atoms with Crippen LogP contribution in [0.3, 0.4) is 0 Å². The van der Waals surface area contributed by atoms with Gasteiger partial charge in [0, 0.05) is 22.8 Å². The molecule has 0 radical (unpaired) electrons. The molecule has 0 saturated carbocycles. The number of ether oxygens (including phenoxy) is 2. The maximum Gasteiger partial charge on any atom is 0.253 e. The molecule has 1 aliphatic heterocycles. The van der Waals surface area contributed by atoms with Gasteiger partial charge in [-0.1, -0.05) is 35.9 Å². The van der Waals surface area contributed by atoms with Gasteiger partial charge in [-0.25, -0.2) is 0 Å². The summed E-state index contributed by atoms with van der Waals surface area (Å²) in [6.07, 6.45) is 0.430. The van der Waals surface area contributed by atoms with Gasteiger partial charge < -0.3 is 19.7 Å². The monoisotopic (exact) mass is 478 g/mol. The number of anilines is 2. The van der Waals surface area contributed by atoms with Crippen LogP contribution in [-0.2, 0) is 33.9 Å². The second-order valence-electron chi connectivity index (χ2n) is 8.24. The summed E-state index contributed by atoms with van der Waals surface area (Å²) in [4.78, 5) is 27.1. The summed E-state index contributed by atoms with van der Waals surface area (Å²) in [6.45, 7) is 2.50. The van der Waals surface area contributed by atoms with E-state index in [-0.39, 0.29) is 11.8 Å². The van der Waals surface area contributed by atoms with Gasteiger partial charge in [0.05, 0.1) is 20.3 Å². The lowest BCUT2D eigenvalue weighted by molar-refractivity contribution is -0.127. The average molecular weight is 479 g/mol. The lowest BCUT2D eigenvalue weighted by Crippen LogP contribution is -2.34. The molecule has 34 heavy (non-hydrogen) atoms. The van der Waals surface area contributed by atoms with Crippen molar-refractivity contribution in [1.82, 2.24) is 0 Å². The highest BCUT2D eigenvalue weighted by atomic mass is 35.5. The molecule has 1 aliphatic rings. The average Bonchev–Trinajstić information content (AvgIpc) is 2.85. The van der Waals surface area contributed by atoms with Crippen molar-refractivity contribution in [3.05, 3.63) is 88.4 Å². The minimum Gasteiger partial charge on any atom is -0.497 e. The molecule has 0 aromatic heterocycles. The summed E-state index contributed by atoms with van der Waals surface area (Å²) in [5.74, 6) is 0.599. The molecule has 2 amide bonds. The molecule has 1 N–H and O–H groups in total. The highest BCUT2D eigenvalue weighted by Gasteiger charge is 2.25. The van der Waals surface area contributed by atoms with Gasteiger partial charge in [0.1, 0.15) is 11.9 Å². The van der Waals surface area contributed by atoms with Gasteiger partial charge >= 0.3 is 0 Å². The second-order valence-corrected chi connectivity index (χ2v) is 8.68. The standard InChI is InChI=1S/C27H27ClN2O4/c1-18(34-17-20-4-3-5-24(14-20)33-2)27(32)29-23-11-12-25-21(15-23)8-13-26(31)30(25)16-19-6-9-22(28)10-7-19/h3-7,9-12,14-15,18H,8,13,16-17H2,1-2H3,(H,29,32). The number of nitrogens with zero attached hydrogens (tertiary/aromatic N) is 1. The molecule has 176 valence electrons. The van der Waals surface area contributed by atoms with Crippen LogP contribution in [0.1, 0.15) is 30.0 Å². The second kappa shape index (κ2) is 10.7. The van der Waals surface area contributed by atoms with Gasteiger partial charge in [0.2, 0.25) is 5.91 Å². The number of methoxy groups -OCH3 is 1. The molecule has 0 spiro atoms. The number of nitrogens with one attached hydrogen (secondary N) is 1. The van der Waals surface area contributed by atoms with Crippen LogP contribution in [0.4, 0.5) is 11.4 Å². The van der Waals surface area contributed by atoms with Crippen molar-refractivity contribution in [1.29, 1.82) is 0 Å². The van der Waals surface area contributed by atoms with Crippen LogP contribution in [0.2, 0.25) is 5.02 Å². The summed E-state index contributed by atoms with van der Waals surface area (Å²) in [7, 11) is 1.61. The van der Waals surface area contributed by atoms with Crippen molar-refractivity contribution in [2.24, 2.45) is 0 Å². The number of rotatable bonds is 8. The van der Waals surface area contributed by atoms with E-state index in [1.807, 2.05) is 66.7 Å². The zero-order valence-electron chi connectivity index (χ0n) is 19.2. The molecule has 7 heteroatoms. The molecule has 3 aromatic rings.